The summed E-state index contributed by atoms with van der Waals surface area (Å²) >= 11 is 6.23. The number of rotatable bonds is 36. The van der Waals surface area contributed by atoms with Gasteiger partial charge in [-0.05, 0) is 298 Å². The van der Waals surface area contributed by atoms with Gasteiger partial charge >= 0.3 is 0 Å². The summed E-state index contributed by atoms with van der Waals surface area (Å²) in [6, 6.07) is 35.4. The highest BCUT2D eigenvalue weighted by Crippen LogP contribution is 2.39. The fourth-order valence-corrected chi connectivity index (χ4v) is 14.8. The number of phenols is 1. The van der Waals surface area contributed by atoms with Crippen molar-refractivity contribution < 1.29 is 126 Å². The first-order valence-corrected chi connectivity index (χ1v) is 49.8. The number of carbonyl (C=O) groups excluding carboxylic acids is 2. The van der Waals surface area contributed by atoms with Gasteiger partial charge in [0.15, 0.2) is 104 Å². The number of ketones is 2. The van der Waals surface area contributed by atoms with Crippen molar-refractivity contribution in [2.45, 2.75) is 237 Å². The van der Waals surface area contributed by atoms with Gasteiger partial charge < -0.3 is 84.4 Å². The average Bonchev–Trinajstić information content (AvgIpc) is 1.85. The lowest BCUT2D eigenvalue weighted by molar-refractivity contribution is 0.0766. The van der Waals surface area contributed by atoms with Crippen LogP contribution in [0.4, 0.5) is 35.1 Å². The van der Waals surface area contributed by atoms with Crippen LogP contribution < -0.4 is 38.9 Å². The van der Waals surface area contributed by atoms with Gasteiger partial charge in [0, 0.05) is 69.5 Å². The molecule has 2 heterocycles. The van der Waals surface area contributed by atoms with E-state index in [0.717, 1.165) is 140 Å². The molecule has 0 unspecified atom stereocenters. The third kappa shape index (κ3) is 37.3. The minimum atomic E-state index is -3.56. The van der Waals surface area contributed by atoms with E-state index in [1.54, 1.807) is 87.5 Å². The molecule has 0 amide bonds. The molecule has 7 aliphatic carbocycles. The molecule has 17 rings (SSSR count). The predicted octanol–water partition coefficient (Wildman–Crippen LogP) is 20.2. The van der Waals surface area contributed by atoms with Crippen LogP contribution in [0.3, 0.4) is 0 Å². The van der Waals surface area contributed by atoms with Crippen molar-refractivity contribution in [1.29, 1.82) is 0 Å². The topological polar surface area (TPSA) is 316 Å². The van der Waals surface area contributed by atoms with Crippen LogP contribution in [-0.4, -0.2) is 180 Å². The Morgan fingerprint density at radius 1 is 0.385 bits per heavy atom. The standard InChI is InChI=1S/C17H24FNO2.C16H23FN2O2.C14H19FO5S.C14H17FO2.C13H17FO3.C13H15FO3.C9H8BrFO.C6H4BrFO/c1-12(11-19-8-2-3-9-19)17(20)13-4-7-16(15(18)10-13)21-14-5-6-14;17-13-9-11(3-6-15(13)21-12-4-5-12)16(20)14(18)10-19-7-1-2-8-19;1-9(8-19-21(2,17)18)14(16)10-3-6-13(12(15)7-10)20-11-4-5-11;1-3-9(2)14(16)10-4-7-13(12(15)8-10)17-11-5-6-11;2*1-8(7-15)13(16)9-2-5-12(11(14)6-9)17-10-3-4-10;10-6-1-4-9(8(11)5-6)12-7-2-3-7;7-4-1-2-6(9)5(8)3-4/h4,7,10,12,14,17,20H,2-3,5-6,8-9,11H2,1H3;3,6,9,12,14,16,20H,1-2,4-5,7-8,10,18H2;3,6-7,9,11,14,16H,4-5,8H2,1-2H3;4,7-9,11H,3,5-6H2,1-2H3;2,5-6,8,10,13,15-16H,3-4,7H2,1H3;2,5-6,8,10,15H,3-4,7H2,1H3;1,4-5,7H,2-3H2;1-3,9H/t12-,17+;14-,16-;9-,14+;9-;8-,13+;8-;;/m111111../s1. The first kappa shape index (κ1) is 108. The van der Waals surface area contributed by atoms with Crippen molar-refractivity contribution in [3.63, 3.8) is 0 Å². The summed E-state index contributed by atoms with van der Waals surface area (Å²) in [6.45, 7) is 16.0. The van der Waals surface area contributed by atoms with Crippen molar-refractivity contribution >= 4 is 53.5 Å². The normalized spacial score (nSPS) is 18.4. The quantitative estimate of drug-likeness (QED) is 0.0103. The summed E-state index contributed by atoms with van der Waals surface area (Å²) in [6.07, 6.45) is 18.2. The van der Waals surface area contributed by atoms with Gasteiger partial charge in [0.25, 0.3) is 10.1 Å². The zero-order chi connectivity index (χ0) is 97.9. The number of likely N-dealkylation sites (tertiary alicyclic amines) is 2. The maximum Gasteiger partial charge on any atom is 0.264 e. The number of ether oxygens (including phenoxy) is 7. The molecule has 2 saturated heterocycles. The number of aliphatic hydroxyl groups excluding tert-OH is 6. The molecule has 0 spiro atoms. The molecule has 0 bridgehead atoms. The molecule has 10 atom stereocenters. The Labute approximate surface area is 802 Å². The molecule has 22 nitrogen and oxygen atoms in total. The highest BCUT2D eigenvalue weighted by Gasteiger charge is 2.34. The van der Waals surface area contributed by atoms with Crippen LogP contribution in [0.1, 0.15) is 231 Å². The molecule has 0 aromatic heterocycles. The average molecular weight is 2040 g/mol. The lowest BCUT2D eigenvalue weighted by Gasteiger charge is -2.24. The van der Waals surface area contributed by atoms with Crippen LogP contribution in [0.2, 0.25) is 0 Å². The molecule has 740 valence electrons. The number of carbonyl (C=O) groups is 2. The second-order valence-electron chi connectivity index (χ2n) is 36.1. The SMILES string of the molecule is CC[C@@H](C)C(=O)c1ccc(OC2CC2)c(F)c1.C[C@H](CN1CCCC1)[C@H](O)c1ccc(OC2CC2)c(F)c1.C[C@H](CO)C(=O)c1ccc(OC2CC2)c(F)c1.C[C@H](CO)[C@H](O)c1ccc(OC2CC2)c(F)c1.C[C@H](COS(C)(=O)=O)[C@H](O)c1ccc(OC2CC2)c(F)c1.Fc1cc(Br)ccc1OC1CC1.N[C@H](CN1CCCC1)[C@H](O)c1ccc(OC2CC2)c(F)c1.Oc1ccc(Br)cc1F. The molecular weight excluding hydrogens is 1910 g/mol. The maximum absolute atomic E-state index is 14.0. The van der Waals surface area contributed by atoms with Gasteiger partial charge in [-0.1, -0.05) is 97.7 Å². The zero-order valence-electron chi connectivity index (χ0n) is 77.2. The van der Waals surface area contributed by atoms with Crippen LogP contribution in [0.5, 0.6) is 46.0 Å². The predicted molar refractivity (Wildman–Crippen MR) is 503 cm³/mol. The second kappa shape index (κ2) is 52.5. The van der Waals surface area contributed by atoms with Crippen molar-refractivity contribution in [3.05, 3.63) is 234 Å². The molecule has 8 aromatic carbocycles. The monoisotopic (exact) mass is 2040 g/mol. The van der Waals surface area contributed by atoms with Crippen molar-refractivity contribution in [3.8, 4) is 46.0 Å². The molecule has 0 radical (unpaired) electrons. The van der Waals surface area contributed by atoms with E-state index in [0.29, 0.717) is 50.3 Å². The summed E-state index contributed by atoms with van der Waals surface area (Å²) in [5.74, 6) is -3.73. The Bertz CT molecular complexity index is 5060. The summed E-state index contributed by atoms with van der Waals surface area (Å²) in [5.41, 5.74) is 8.75. The molecule has 7 saturated carbocycles. The van der Waals surface area contributed by atoms with E-state index in [-0.39, 0.29) is 144 Å². The summed E-state index contributed by atoms with van der Waals surface area (Å²) < 4.78 is 174. The molecular formula is C102H127Br2F8N3O19S. The minimum Gasteiger partial charge on any atom is -0.505 e. The van der Waals surface area contributed by atoms with Crippen LogP contribution in [0.15, 0.2) is 155 Å². The van der Waals surface area contributed by atoms with E-state index in [2.05, 4.69) is 45.8 Å². The summed E-state index contributed by atoms with van der Waals surface area (Å²) in [4.78, 5) is 28.2. The molecule has 135 heavy (non-hydrogen) atoms. The molecule has 8 aromatic rings. The maximum atomic E-state index is 14.0. The Balaban J connectivity index is 0.000000161. The zero-order valence-corrected chi connectivity index (χ0v) is 81.1. The van der Waals surface area contributed by atoms with E-state index >= 15 is 0 Å². The number of nitrogens with two attached hydrogens (primary N) is 1. The van der Waals surface area contributed by atoms with Gasteiger partial charge in [0.2, 0.25) is 0 Å². The lowest BCUT2D eigenvalue weighted by atomic mass is 9.96. The third-order valence-electron chi connectivity index (χ3n) is 23.2. The van der Waals surface area contributed by atoms with Crippen LogP contribution in [-0.2, 0) is 14.3 Å². The molecule has 2 aliphatic heterocycles. The van der Waals surface area contributed by atoms with Gasteiger partial charge in [-0.15, -0.1) is 0 Å². The van der Waals surface area contributed by atoms with Gasteiger partial charge in [-0.25, -0.2) is 35.1 Å². The Morgan fingerprint density at radius 3 is 0.956 bits per heavy atom. The second-order valence-corrected chi connectivity index (χ2v) is 39.6. The van der Waals surface area contributed by atoms with Crippen molar-refractivity contribution in [2.75, 3.05) is 65.3 Å². The smallest absolute Gasteiger partial charge is 0.264 e. The third-order valence-corrected chi connectivity index (χ3v) is 24.8. The highest BCUT2D eigenvalue weighted by molar-refractivity contribution is 9.10. The number of nitrogens with zero attached hydrogens (tertiary/aromatic N) is 2. The first-order chi connectivity index (χ1) is 64.3. The number of benzene rings is 8. The van der Waals surface area contributed by atoms with Crippen LogP contribution in [0, 0.1) is 76.1 Å². The molecule has 9 fully saturated rings. The van der Waals surface area contributed by atoms with Gasteiger partial charge in [-0.3, -0.25) is 13.8 Å². The van der Waals surface area contributed by atoms with Crippen LogP contribution in [0.25, 0.3) is 0 Å². The van der Waals surface area contributed by atoms with Gasteiger partial charge in [0.05, 0.1) is 86.6 Å². The Kier molecular flexibility index (Phi) is 42.1. The Morgan fingerprint density at radius 2 is 0.667 bits per heavy atom. The highest BCUT2D eigenvalue weighted by atomic mass is 79.9. The first-order valence-electron chi connectivity index (χ1n) is 46.4. The van der Waals surface area contributed by atoms with Gasteiger partial charge in [-0.2, -0.15) is 8.42 Å². The fourth-order valence-electron chi connectivity index (χ4n) is 13.6. The number of hydrogen-bond donors (Lipinski definition) is 8. The lowest BCUT2D eigenvalue weighted by Crippen LogP contribution is -2.40. The number of phenolic OH excluding ortho intramolecular Hbond substituents is 1. The summed E-state index contributed by atoms with van der Waals surface area (Å²) in [7, 11) is -3.56. The van der Waals surface area contributed by atoms with E-state index in [9.17, 15) is 73.6 Å². The molecule has 33 heteroatoms. The number of aromatic hydroxyl groups is 1. The fraction of sp³-hybridized carbons (Fsp3) is 0.510. The largest absolute Gasteiger partial charge is 0.505 e. The van der Waals surface area contributed by atoms with E-state index in [4.69, 9.17) is 54.2 Å². The molecule has 9 aliphatic rings. The molecule has 9 N–H and O–H groups in total. The number of aliphatic hydroxyl groups is 6. The Hall–Kier alpha value is -8.55. The van der Waals surface area contributed by atoms with E-state index in [1.165, 1.54) is 105 Å². The number of halogens is 10. The minimum absolute atomic E-state index is 0.00984. The van der Waals surface area contributed by atoms with Gasteiger partial charge in [0.1, 0.15) is 0 Å². The van der Waals surface area contributed by atoms with Crippen LogP contribution >= 0.6 is 31.9 Å². The van der Waals surface area contributed by atoms with E-state index < -0.39 is 87.3 Å². The summed E-state index contributed by atoms with van der Waals surface area (Å²) in [5, 5.41) is 67.1. The van der Waals surface area contributed by atoms with Crippen molar-refractivity contribution in [1.82, 2.24) is 9.80 Å². The number of hydrogen-bond acceptors (Lipinski definition) is 22. The van der Waals surface area contributed by atoms with E-state index in [1.807, 2.05) is 20.8 Å². The van der Waals surface area contributed by atoms with Crippen molar-refractivity contribution in [2.24, 2.45) is 35.3 Å². The number of Topliss-reactive ketones (excluding diaryl/α,β-unsaturated/α-hetero) is 2.